The zero-order valence-electron chi connectivity index (χ0n) is 9.25. The number of esters is 1. The average molecular weight is 247 g/mol. The van der Waals surface area contributed by atoms with Crippen LogP contribution in [0.3, 0.4) is 0 Å². The number of carbonyl (C=O) groups is 1. The Morgan fingerprint density at radius 1 is 1.41 bits per heavy atom. The van der Waals surface area contributed by atoms with Crippen molar-refractivity contribution < 1.29 is 22.7 Å². The monoisotopic (exact) mass is 247 g/mol. The third-order valence-electron chi connectivity index (χ3n) is 2.02. The van der Waals surface area contributed by atoms with E-state index in [1.165, 1.54) is 0 Å². The predicted molar refractivity (Wildman–Crippen MR) is 54.4 cm³/mol. The Morgan fingerprint density at radius 2 is 2.12 bits per heavy atom. The van der Waals surface area contributed by atoms with Gasteiger partial charge in [-0.1, -0.05) is 13.3 Å². The van der Waals surface area contributed by atoms with Gasteiger partial charge in [-0.25, -0.2) is 4.79 Å². The number of alkyl halides is 3. The van der Waals surface area contributed by atoms with E-state index in [1.807, 2.05) is 6.92 Å². The molecule has 0 radical (unpaired) electrons. The van der Waals surface area contributed by atoms with E-state index < -0.39 is 17.8 Å². The molecular weight excluding hydrogens is 235 g/mol. The standard InChI is InChI=1S/C11H12F3NO2/c1-2-3-6-17-10(16)8-4-5-9(15-7-8)11(12,13)14/h4-5,7H,2-3,6H2,1H3. The lowest BCUT2D eigenvalue weighted by atomic mass is 10.2. The van der Waals surface area contributed by atoms with Gasteiger partial charge in [-0.2, -0.15) is 13.2 Å². The topological polar surface area (TPSA) is 39.2 Å². The van der Waals surface area contributed by atoms with Gasteiger partial charge < -0.3 is 4.74 Å². The molecule has 0 N–H and O–H groups in total. The molecule has 1 rings (SSSR count). The number of carbonyl (C=O) groups excluding carboxylic acids is 1. The van der Waals surface area contributed by atoms with E-state index in [2.05, 4.69) is 4.98 Å². The van der Waals surface area contributed by atoms with Crippen LogP contribution < -0.4 is 0 Å². The smallest absolute Gasteiger partial charge is 0.433 e. The van der Waals surface area contributed by atoms with Crippen molar-refractivity contribution in [2.75, 3.05) is 6.61 Å². The molecule has 0 unspecified atom stereocenters. The van der Waals surface area contributed by atoms with Gasteiger partial charge in [0, 0.05) is 6.20 Å². The minimum Gasteiger partial charge on any atom is -0.462 e. The molecule has 0 spiro atoms. The highest BCUT2D eigenvalue weighted by Gasteiger charge is 2.32. The first-order valence-electron chi connectivity index (χ1n) is 5.15. The van der Waals surface area contributed by atoms with Gasteiger partial charge in [-0.05, 0) is 18.6 Å². The van der Waals surface area contributed by atoms with Gasteiger partial charge in [0.15, 0.2) is 0 Å². The molecule has 3 nitrogen and oxygen atoms in total. The van der Waals surface area contributed by atoms with E-state index in [4.69, 9.17) is 4.74 Å². The fourth-order valence-corrected chi connectivity index (χ4v) is 1.07. The first-order chi connectivity index (χ1) is 7.95. The van der Waals surface area contributed by atoms with Gasteiger partial charge >= 0.3 is 12.1 Å². The molecule has 0 aliphatic rings. The zero-order chi connectivity index (χ0) is 12.9. The lowest BCUT2D eigenvalue weighted by molar-refractivity contribution is -0.141. The van der Waals surface area contributed by atoms with Gasteiger partial charge in [-0.3, -0.25) is 4.98 Å². The summed E-state index contributed by atoms with van der Waals surface area (Å²) in [6.07, 6.45) is -2.03. The van der Waals surface area contributed by atoms with Crippen LogP contribution in [0.1, 0.15) is 35.8 Å². The van der Waals surface area contributed by atoms with Crippen LogP contribution in [-0.4, -0.2) is 17.6 Å². The number of pyridine rings is 1. The molecule has 0 bridgehead atoms. The van der Waals surface area contributed by atoms with Crippen LogP contribution in [0, 0.1) is 0 Å². The van der Waals surface area contributed by atoms with Crippen molar-refractivity contribution in [2.24, 2.45) is 0 Å². The summed E-state index contributed by atoms with van der Waals surface area (Å²) in [6.45, 7) is 2.20. The second kappa shape index (κ2) is 5.65. The molecule has 0 aromatic carbocycles. The molecule has 0 saturated carbocycles. The summed E-state index contributed by atoms with van der Waals surface area (Å²) in [5.74, 6) is -0.653. The second-order valence-corrected chi connectivity index (χ2v) is 3.42. The highest BCUT2D eigenvalue weighted by molar-refractivity contribution is 5.88. The summed E-state index contributed by atoms with van der Waals surface area (Å²) >= 11 is 0. The van der Waals surface area contributed by atoms with E-state index >= 15 is 0 Å². The molecule has 6 heteroatoms. The number of ether oxygens (including phenoxy) is 1. The Hall–Kier alpha value is -1.59. The Morgan fingerprint density at radius 3 is 2.59 bits per heavy atom. The molecule has 0 atom stereocenters. The Kier molecular flexibility index (Phi) is 4.48. The molecule has 0 fully saturated rings. The number of unbranched alkanes of at least 4 members (excludes halogenated alkanes) is 1. The fourth-order valence-electron chi connectivity index (χ4n) is 1.07. The van der Waals surface area contributed by atoms with E-state index in [1.54, 1.807) is 0 Å². The molecule has 1 heterocycles. The summed E-state index contributed by atoms with van der Waals surface area (Å²) in [7, 11) is 0. The van der Waals surface area contributed by atoms with Crippen LogP contribution in [-0.2, 0) is 10.9 Å². The lowest BCUT2D eigenvalue weighted by Crippen LogP contribution is -2.11. The first kappa shape index (κ1) is 13.5. The molecule has 0 aliphatic heterocycles. The zero-order valence-corrected chi connectivity index (χ0v) is 9.25. The number of hydrogen-bond donors (Lipinski definition) is 0. The second-order valence-electron chi connectivity index (χ2n) is 3.42. The van der Waals surface area contributed by atoms with E-state index in [9.17, 15) is 18.0 Å². The number of nitrogens with zero attached hydrogens (tertiary/aromatic N) is 1. The fraction of sp³-hybridized carbons (Fsp3) is 0.455. The maximum absolute atomic E-state index is 12.2. The Bertz CT molecular complexity index is 373. The number of aromatic nitrogens is 1. The highest BCUT2D eigenvalue weighted by Crippen LogP contribution is 2.27. The maximum atomic E-state index is 12.2. The molecule has 0 saturated heterocycles. The molecular formula is C11H12F3NO2. The van der Waals surface area contributed by atoms with Crippen LogP contribution in [0.15, 0.2) is 18.3 Å². The molecule has 0 aliphatic carbocycles. The molecule has 17 heavy (non-hydrogen) atoms. The summed E-state index contributed by atoms with van der Waals surface area (Å²) in [6, 6.07) is 1.82. The van der Waals surface area contributed by atoms with Gasteiger partial charge in [0.05, 0.1) is 12.2 Å². The van der Waals surface area contributed by atoms with Crippen molar-refractivity contribution in [2.45, 2.75) is 25.9 Å². The number of rotatable bonds is 4. The van der Waals surface area contributed by atoms with Gasteiger partial charge in [0.2, 0.25) is 0 Å². The summed E-state index contributed by atoms with van der Waals surface area (Å²) < 4.78 is 41.4. The largest absolute Gasteiger partial charge is 0.462 e. The minimum atomic E-state index is -4.50. The van der Waals surface area contributed by atoms with Crippen molar-refractivity contribution in [3.63, 3.8) is 0 Å². The van der Waals surface area contributed by atoms with Gasteiger partial charge in [-0.15, -0.1) is 0 Å². The Labute approximate surface area is 96.6 Å². The van der Waals surface area contributed by atoms with Crippen LogP contribution in [0.4, 0.5) is 13.2 Å². The normalized spacial score (nSPS) is 11.3. The molecule has 1 aromatic rings. The first-order valence-corrected chi connectivity index (χ1v) is 5.15. The summed E-state index contributed by atoms with van der Waals surface area (Å²) in [4.78, 5) is 14.5. The third kappa shape index (κ3) is 4.05. The SMILES string of the molecule is CCCCOC(=O)c1ccc(C(F)(F)F)nc1. The van der Waals surface area contributed by atoms with Gasteiger partial charge in [0.1, 0.15) is 5.69 Å². The van der Waals surface area contributed by atoms with Crippen LogP contribution in [0.25, 0.3) is 0 Å². The molecule has 0 amide bonds. The summed E-state index contributed by atoms with van der Waals surface area (Å²) in [5, 5.41) is 0. The Balaban J connectivity index is 2.64. The third-order valence-corrected chi connectivity index (χ3v) is 2.02. The quantitative estimate of drug-likeness (QED) is 0.606. The van der Waals surface area contributed by atoms with E-state index in [-0.39, 0.29) is 12.2 Å². The van der Waals surface area contributed by atoms with Crippen LogP contribution >= 0.6 is 0 Å². The van der Waals surface area contributed by atoms with E-state index in [0.717, 1.165) is 31.2 Å². The van der Waals surface area contributed by atoms with Crippen molar-refractivity contribution in [3.8, 4) is 0 Å². The molecule has 94 valence electrons. The number of hydrogen-bond acceptors (Lipinski definition) is 3. The maximum Gasteiger partial charge on any atom is 0.433 e. The highest BCUT2D eigenvalue weighted by atomic mass is 19.4. The minimum absolute atomic E-state index is 0.0223. The summed E-state index contributed by atoms with van der Waals surface area (Å²) in [5.41, 5.74) is -1.00. The van der Waals surface area contributed by atoms with Crippen molar-refractivity contribution in [3.05, 3.63) is 29.6 Å². The lowest BCUT2D eigenvalue weighted by Gasteiger charge is -2.06. The van der Waals surface area contributed by atoms with Gasteiger partial charge in [0.25, 0.3) is 0 Å². The van der Waals surface area contributed by atoms with Crippen LogP contribution in [0.2, 0.25) is 0 Å². The van der Waals surface area contributed by atoms with Crippen molar-refractivity contribution in [1.29, 1.82) is 0 Å². The molecule has 1 aromatic heterocycles. The van der Waals surface area contributed by atoms with E-state index in [0.29, 0.717) is 0 Å². The van der Waals surface area contributed by atoms with Crippen LogP contribution in [0.5, 0.6) is 0 Å². The predicted octanol–water partition coefficient (Wildman–Crippen LogP) is 3.06. The number of halogens is 3. The van der Waals surface area contributed by atoms with Crippen molar-refractivity contribution >= 4 is 5.97 Å². The van der Waals surface area contributed by atoms with Crippen molar-refractivity contribution in [1.82, 2.24) is 4.98 Å². The average Bonchev–Trinajstić information content (AvgIpc) is 2.28.